The van der Waals surface area contributed by atoms with Crippen LogP contribution in [0.2, 0.25) is 0 Å². The fraction of sp³-hybridized carbons (Fsp3) is 0.833. The van der Waals surface area contributed by atoms with Crippen molar-refractivity contribution in [2.45, 2.75) is 32.8 Å². The molecular weight excluding hydrogens is 314 g/mol. The molecule has 0 bridgehead atoms. The first kappa shape index (κ1) is 18.7. The smallest absolute Gasteiger partial charge is 0.422 e. The first-order valence-electron chi connectivity index (χ1n) is 6.94. The zero-order valence-corrected chi connectivity index (χ0v) is 13.9. The number of carbonyl (C=O) groups excluding carboxylic acids is 1. The van der Waals surface area contributed by atoms with E-state index in [0.717, 1.165) is 4.31 Å². The van der Waals surface area contributed by atoms with Crippen LogP contribution in [0.5, 0.6) is 0 Å². The molecule has 0 aliphatic carbocycles. The van der Waals surface area contributed by atoms with Crippen LogP contribution in [0.4, 0.5) is 4.79 Å². The van der Waals surface area contributed by atoms with Crippen LogP contribution in [0.15, 0.2) is 0 Å². The summed E-state index contributed by atoms with van der Waals surface area (Å²) in [5.41, 5.74) is -0.783. The largest absolute Gasteiger partial charge is 0.481 e. The van der Waals surface area contributed by atoms with Gasteiger partial charge in [-0.05, 0) is 20.8 Å². The second-order valence-electron chi connectivity index (χ2n) is 5.99. The van der Waals surface area contributed by atoms with Crippen molar-refractivity contribution in [2.75, 3.05) is 32.7 Å². The molecule has 1 heterocycles. The van der Waals surface area contributed by atoms with Crippen LogP contribution < -0.4 is 4.72 Å². The average molecular weight is 337 g/mol. The molecule has 128 valence electrons. The Morgan fingerprint density at radius 2 is 1.73 bits per heavy atom. The SMILES string of the molecule is CC(C)(C)OC(=O)NS(=O)(=O)N1CCN(CCC(=O)O)CC1. The lowest BCUT2D eigenvalue weighted by molar-refractivity contribution is -0.137. The number of hydrogen-bond donors (Lipinski definition) is 2. The van der Waals surface area contributed by atoms with Crippen LogP contribution in [0.3, 0.4) is 0 Å². The number of rotatable bonds is 5. The molecule has 0 radical (unpaired) electrons. The normalized spacial score (nSPS) is 18.0. The predicted octanol–water partition coefficient (Wildman–Crippen LogP) is -0.152. The van der Waals surface area contributed by atoms with Crippen molar-refractivity contribution in [2.24, 2.45) is 0 Å². The number of nitrogens with one attached hydrogen (secondary N) is 1. The van der Waals surface area contributed by atoms with E-state index in [-0.39, 0.29) is 19.5 Å². The Bertz CT molecular complexity index is 505. The Kier molecular flexibility index (Phi) is 6.15. The van der Waals surface area contributed by atoms with Crippen LogP contribution in [0.25, 0.3) is 0 Å². The van der Waals surface area contributed by atoms with Crippen LogP contribution in [-0.2, 0) is 19.7 Å². The third-order valence-corrected chi connectivity index (χ3v) is 4.39. The fourth-order valence-electron chi connectivity index (χ4n) is 1.92. The summed E-state index contributed by atoms with van der Waals surface area (Å²) in [5, 5.41) is 8.62. The molecule has 0 spiro atoms. The lowest BCUT2D eigenvalue weighted by atomic mass is 10.2. The number of carbonyl (C=O) groups is 2. The minimum atomic E-state index is -3.94. The van der Waals surface area contributed by atoms with E-state index in [4.69, 9.17) is 9.84 Å². The molecule has 9 nitrogen and oxygen atoms in total. The fourth-order valence-corrected chi connectivity index (χ4v) is 2.94. The van der Waals surface area contributed by atoms with Gasteiger partial charge in [-0.15, -0.1) is 0 Å². The standard InChI is InChI=1S/C12H23N3O6S/c1-12(2,3)21-11(18)13-22(19,20)15-8-6-14(7-9-15)5-4-10(16)17/h4-9H2,1-3H3,(H,13,18)(H,16,17). The molecule has 0 aromatic heterocycles. The summed E-state index contributed by atoms with van der Waals surface area (Å²) >= 11 is 0. The maximum absolute atomic E-state index is 12.1. The quantitative estimate of drug-likeness (QED) is 0.716. The van der Waals surface area contributed by atoms with Crippen LogP contribution in [0, 0.1) is 0 Å². The molecule has 0 aromatic rings. The first-order valence-corrected chi connectivity index (χ1v) is 8.38. The Morgan fingerprint density at radius 1 is 1.18 bits per heavy atom. The van der Waals surface area contributed by atoms with Crippen molar-refractivity contribution in [1.82, 2.24) is 13.9 Å². The molecule has 1 rings (SSSR count). The van der Waals surface area contributed by atoms with Crippen molar-refractivity contribution < 1.29 is 27.9 Å². The zero-order chi connectivity index (χ0) is 17.0. The molecule has 1 fully saturated rings. The van der Waals surface area contributed by atoms with Crippen molar-refractivity contribution in [3.05, 3.63) is 0 Å². The second kappa shape index (κ2) is 7.25. The molecule has 1 aliphatic heterocycles. The minimum Gasteiger partial charge on any atom is -0.481 e. The highest BCUT2D eigenvalue weighted by molar-refractivity contribution is 7.87. The predicted molar refractivity (Wildman–Crippen MR) is 78.6 cm³/mol. The highest BCUT2D eigenvalue weighted by Gasteiger charge is 2.30. The number of ether oxygens (including phenoxy) is 1. The topological polar surface area (TPSA) is 116 Å². The van der Waals surface area contributed by atoms with Gasteiger partial charge in [0.2, 0.25) is 0 Å². The summed E-state index contributed by atoms with van der Waals surface area (Å²) in [5.74, 6) is -0.887. The third-order valence-electron chi connectivity index (χ3n) is 2.92. The number of piperazine rings is 1. The number of amides is 1. The lowest BCUT2D eigenvalue weighted by Crippen LogP contribution is -2.53. The zero-order valence-electron chi connectivity index (χ0n) is 13.0. The van der Waals surface area contributed by atoms with E-state index in [9.17, 15) is 18.0 Å². The van der Waals surface area contributed by atoms with Gasteiger partial charge in [0.15, 0.2) is 0 Å². The number of nitrogens with zero attached hydrogens (tertiary/aromatic N) is 2. The number of hydrogen-bond acceptors (Lipinski definition) is 6. The van der Waals surface area contributed by atoms with Crippen LogP contribution in [0.1, 0.15) is 27.2 Å². The van der Waals surface area contributed by atoms with E-state index in [1.54, 1.807) is 20.8 Å². The minimum absolute atomic E-state index is 0.0168. The molecule has 0 saturated carbocycles. The van der Waals surface area contributed by atoms with Crippen molar-refractivity contribution in [1.29, 1.82) is 0 Å². The molecule has 1 aliphatic rings. The van der Waals surface area contributed by atoms with Gasteiger partial charge in [-0.1, -0.05) is 0 Å². The van der Waals surface area contributed by atoms with Crippen molar-refractivity contribution in [3.63, 3.8) is 0 Å². The van der Waals surface area contributed by atoms with Gasteiger partial charge in [-0.2, -0.15) is 12.7 Å². The lowest BCUT2D eigenvalue weighted by Gasteiger charge is -2.33. The molecule has 0 atom stereocenters. The first-order chi connectivity index (χ1) is 9.99. The van der Waals surface area contributed by atoms with E-state index in [2.05, 4.69) is 0 Å². The van der Waals surface area contributed by atoms with Gasteiger partial charge in [0.1, 0.15) is 5.60 Å². The Hall–Kier alpha value is -1.39. The Morgan fingerprint density at radius 3 is 2.18 bits per heavy atom. The van der Waals surface area contributed by atoms with Gasteiger partial charge in [-0.25, -0.2) is 9.52 Å². The van der Waals surface area contributed by atoms with Gasteiger partial charge in [0.05, 0.1) is 6.42 Å². The van der Waals surface area contributed by atoms with Gasteiger partial charge >= 0.3 is 22.3 Å². The summed E-state index contributed by atoms with van der Waals surface area (Å²) in [4.78, 5) is 23.9. The van der Waals surface area contributed by atoms with E-state index in [1.807, 2.05) is 9.62 Å². The third kappa shape index (κ3) is 6.58. The molecule has 2 N–H and O–H groups in total. The van der Waals surface area contributed by atoms with Crippen LogP contribution >= 0.6 is 0 Å². The Balaban J connectivity index is 2.48. The summed E-state index contributed by atoms with van der Waals surface area (Å²) < 4.78 is 32.0. The van der Waals surface area contributed by atoms with Gasteiger partial charge in [-0.3, -0.25) is 4.79 Å². The molecule has 1 amide bonds. The van der Waals surface area contributed by atoms with E-state index in [1.165, 1.54) is 0 Å². The van der Waals surface area contributed by atoms with E-state index in [0.29, 0.717) is 19.6 Å². The van der Waals surface area contributed by atoms with Gasteiger partial charge in [0, 0.05) is 32.7 Å². The maximum atomic E-state index is 12.1. The molecule has 22 heavy (non-hydrogen) atoms. The van der Waals surface area contributed by atoms with Crippen molar-refractivity contribution >= 4 is 22.3 Å². The summed E-state index contributed by atoms with van der Waals surface area (Å²) in [6.45, 7) is 6.52. The summed E-state index contributed by atoms with van der Waals surface area (Å²) in [7, 11) is -3.94. The van der Waals surface area contributed by atoms with E-state index < -0.39 is 27.9 Å². The molecule has 1 saturated heterocycles. The molecule has 0 aromatic carbocycles. The maximum Gasteiger partial charge on any atom is 0.422 e. The van der Waals surface area contributed by atoms with Gasteiger partial charge < -0.3 is 14.7 Å². The second-order valence-corrected chi connectivity index (χ2v) is 7.66. The van der Waals surface area contributed by atoms with Crippen molar-refractivity contribution in [3.8, 4) is 0 Å². The number of carboxylic acid groups (broad SMARTS) is 1. The number of carboxylic acids is 1. The van der Waals surface area contributed by atoms with E-state index >= 15 is 0 Å². The molecule has 0 unspecified atom stereocenters. The summed E-state index contributed by atoms with van der Waals surface area (Å²) in [6.07, 6.45) is -0.996. The highest BCUT2D eigenvalue weighted by atomic mass is 32.2. The number of aliphatic carboxylic acids is 1. The Labute approximate surface area is 130 Å². The molecule has 10 heteroatoms. The summed E-state index contributed by atoms with van der Waals surface area (Å²) in [6, 6.07) is 0. The monoisotopic (exact) mass is 337 g/mol. The van der Waals surface area contributed by atoms with Gasteiger partial charge in [0.25, 0.3) is 0 Å². The van der Waals surface area contributed by atoms with Crippen LogP contribution in [-0.4, -0.2) is 73.1 Å². The highest BCUT2D eigenvalue weighted by Crippen LogP contribution is 2.10. The average Bonchev–Trinajstić information content (AvgIpc) is 2.33. The molecular formula is C12H23N3O6S.